The van der Waals surface area contributed by atoms with Gasteiger partial charge in [-0.2, -0.15) is 4.98 Å². The summed E-state index contributed by atoms with van der Waals surface area (Å²) in [6.45, 7) is 5.97. The number of imidazole rings is 1. The van der Waals surface area contributed by atoms with Crippen molar-refractivity contribution in [2.24, 2.45) is 0 Å². The molecular formula is C21H20N6O2. The fraction of sp³-hybridized carbons (Fsp3) is 0.190. The standard InChI is InChI=1S/C21H20N6O2/c1-13-8-14(2)10-17(9-13)24-19(28)12-27-11-18(23-15(27)3)20-25-21(29-26-20)16-4-6-22-7-5-16/h4-11H,12H2,1-3H3,(H,24,28). The van der Waals surface area contributed by atoms with Gasteiger partial charge in [-0.25, -0.2) is 4.98 Å². The SMILES string of the molecule is Cc1cc(C)cc(NC(=O)Cn2cc(-c3noc(-c4ccncc4)n3)nc2C)c1. The van der Waals surface area contributed by atoms with Gasteiger partial charge in [0.2, 0.25) is 11.7 Å². The van der Waals surface area contributed by atoms with E-state index in [0.717, 1.165) is 22.4 Å². The molecule has 0 aliphatic heterocycles. The highest BCUT2D eigenvalue weighted by Gasteiger charge is 2.16. The summed E-state index contributed by atoms with van der Waals surface area (Å²) in [6.07, 6.45) is 5.07. The zero-order chi connectivity index (χ0) is 20.4. The third kappa shape index (κ3) is 4.21. The summed E-state index contributed by atoms with van der Waals surface area (Å²) >= 11 is 0. The monoisotopic (exact) mass is 388 g/mol. The molecule has 0 aliphatic rings. The number of anilines is 1. The molecule has 0 aliphatic carbocycles. The van der Waals surface area contributed by atoms with Gasteiger partial charge in [0.1, 0.15) is 18.1 Å². The molecule has 0 bridgehead atoms. The van der Waals surface area contributed by atoms with Crippen LogP contribution in [0.4, 0.5) is 5.69 Å². The molecule has 8 heteroatoms. The smallest absolute Gasteiger partial charge is 0.258 e. The van der Waals surface area contributed by atoms with E-state index in [4.69, 9.17) is 4.52 Å². The van der Waals surface area contributed by atoms with E-state index in [-0.39, 0.29) is 12.5 Å². The molecule has 1 aromatic carbocycles. The average Bonchev–Trinajstić information content (AvgIpc) is 3.29. The van der Waals surface area contributed by atoms with Crippen molar-refractivity contribution in [1.29, 1.82) is 0 Å². The number of rotatable bonds is 5. The summed E-state index contributed by atoms with van der Waals surface area (Å²) in [5.41, 5.74) is 4.31. The minimum absolute atomic E-state index is 0.132. The lowest BCUT2D eigenvalue weighted by atomic mass is 10.1. The molecule has 0 saturated heterocycles. The molecular weight excluding hydrogens is 368 g/mol. The molecule has 8 nitrogen and oxygen atoms in total. The maximum Gasteiger partial charge on any atom is 0.258 e. The minimum atomic E-state index is -0.132. The van der Waals surface area contributed by atoms with Crippen molar-refractivity contribution >= 4 is 11.6 Å². The highest BCUT2D eigenvalue weighted by Crippen LogP contribution is 2.21. The number of hydrogen-bond acceptors (Lipinski definition) is 6. The maximum absolute atomic E-state index is 12.5. The van der Waals surface area contributed by atoms with Crippen LogP contribution < -0.4 is 5.32 Å². The van der Waals surface area contributed by atoms with Crippen LogP contribution in [0.5, 0.6) is 0 Å². The molecule has 3 heterocycles. The number of amides is 1. The molecule has 0 unspecified atom stereocenters. The van der Waals surface area contributed by atoms with Crippen LogP contribution in [0.1, 0.15) is 17.0 Å². The Morgan fingerprint density at radius 2 is 1.79 bits per heavy atom. The van der Waals surface area contributed by atoms with E-state index < -0.39 is 0 Å². The van der Waals surface area contributed by atoms with Crippen LogP contribution in [0.15, 0.2) is 53.4 Å². The quantitative estimate of drug-likeness (QED) is 0.561. The van der Waals surface area contributed by atoms with E-state index >= 15 is 0 Å². The molecule has 0 saturated carbocycles. The average molecular weight is 388 g/mol. The zero-order valence-corrected chi connectivity index (χ0v) is 16.4. The van der Waals surface area contributed by atoms with Gasteiger partial charge in [-0.15, -0.1) is 0 Å². The molecule has 0 fully saturated rings. The van der Waals surface area contributed by atoms with Gasteiger partial charge in [-0.05, 0) is 56.2 Å². The number of carbonyl (C=O) groups excluding carboxylic acids is 1. The largest absolute Gasteiger partial charge is 0.334 e. The van der Waals surface area contributed by atoms with Crippen LogP contribution in [-0.2, 0) is 11.3 Å². The summed E-state index contributed by atoms with van der Waals surface area (Å²) in [6, 6.07) is 9.53. The number of pyridine rings is 1. The minimum Gasteiger partial charge on any atom is -0.334 e. The van der Waals surface area contributed by atoms with Gasteiger partial charge < -0.3 is 14.4 Å². The number of aromatic nitrogens is 5. The summed E-state index contributed by atoms with van der Waals surface area (Å²) < 4.78 is 7.08. The topological polar surface area (TPSA) is 98.7 Å². The number of carbonyl (C=O) groups is 1. The van der Waals surface area contributed by atoms with Crippen molar-refractivity contribution in [3.05, 3.63) is 65.9 Å². The van der Waals surface area contributed by atoms with E-state index in [1.807, 2.05) is 32.9 Å². The Hall–Kier alpha value is -3.81. The van der Waals surface area contributed by atoms with Crippen LogP contribution in [0.25, 0.3) is 23.0 Å². The molecule has 4 rings (SSSR count). The molecule has 0 atom stereocenters. The van der Waals surface area contributed by atoms with Gasteiger partial charge in [-0.1, -0.05) is 11.2 Å². The first-order valence-corrected chi connectivity index (χ1v) is 9.14. The summed E-state index contributed by atoms with van der Waals surface area (Å²) in [5.74, 6) is 1.31. The number of aryl methyl sites for hydroxylation is 3. The van der Waals surface area contributed by atoms with Crippen LogP contribution >= 0.6 is 0 Å². The predicted octanol–water partition coefficient (Wildman–Crippen LogP) is 3.56. The van der Waals surface area contributed by atoms with Crippen LogP contribution in [0.2, 0.25) is 0 Å². The van der Waals surface area contributed by atoms with Crippen molar-refractivity contribution in [3.8, 4) is 23.0 Å². The molecule has 0 radical (unpaired) electrons. The number of nitrogens with one attached hydrogen (secondary N) is 1. The molecule has 1 N–H and O–H groups in total. The van der Waals surface area contributed by atoms with E-state index in [2.05, 4.69) is 31.5 Å². The van der Waals surface area contributed by atoms with Crippen molar-refractivity contribution in [1.82, 2.24) is 24.7 Å². The van der Waals surface area contributed by atoms with Crippen molar-refractivity contribution in [2.45, 2.75) is 27.3 Å². The number of nitrogens with zero attached hydrogens (tertiary/aromatic N) is 5. The van der Waals surface area contributed by atoms with Gasteiger partial charge in [0.15, 0.2) is 0 Å². The van der Waals surface area contributed by atoms with Gasteiger partial charge in [0.05, 0.1) is 0 Å². The lowest BCUT2D eigenvalue weighted by Gasteiger charge is -2.08. The normalized spacial score (nSPS) is 10.9. The Labute approximate surface area is 167 Å². The highest BCUT2D eigenvalue weighted by atomic mass is 16.5. The third-order valence-electron chi connectivity index (χ3n) is 4.38. The fourth-order valence-electron chi connectivity index (χ4n) is 3.12. The van der Waals surface area contributed by atoms with E-state index in [0.29, 0.717) is 23.2 Å². The maximum atomic E-state index is 12.5. The molecule has 4 aromatic rings. The highest BCUT2D eigenvalue weighted by molar-refractivity contribution is 5.90. The lowest BCUT2D eigenvalue weighted by molar-refractivity contribution is -0.116. The Morgan fingerprint density at radius 3 is 2.52 bits per heavy atom. The van der Waals surface area contributed by atoms with Crippen molar-refractivity contribution in [2.75, 3.05) is 5.32 Å². The second-order valence-electron chi connectivity index (χ2n) is 6.88. The Kier molecular flexibility index (Phi) is 4.90. The van der Waals surface area contributed by atoms with E-state index in [9.17, 15) is 4.79 Å². The van der Waals surface area contributed by atoms with Crippen molar-refractivity contribution < 1.29 is 9.32 Å². The molecule has 146 valence electrons. The van der Waals surface area contributed by atoms with Gasteiger partial charge >= 0.3 is 0 Å². The summed E-state index contributed by atoms with van der Waals surface area (Å²) in [7, 11) is 0. The van der Waals surface area contributed by atoms with Gasteiger partial charge in [0, 0.05) is 29.8 Å². The van der Waals surface area contributed by atoms with Gasteiger partial charge in [0.25, 0.3) is 5.89 Å². The van der Waals surface area contributed by atoms with Crippen molar-refractivity contribution in [3.63, 3.8) is 0 Å². The first-order valence-electron chi connectivity index (χ1n) is 9.14. The number of benzene rings is 1. The Bertz CT molecular complexity index is 1140. The molecule has 3 aromatic heterocycles. The second-order valence-corrected chi connectivity index (χ2v) is 6.88. The Morgan fingerprint density at radius 1 is 1.07 bits per heavy atom. The molecule has 0 spiro atoms. The van der Waals surface area contributed by atoms with E-state index in [1.54, 1.807) is 35.3 Å². The Balaban J connectivity index is 1.49. The first kappa shape index (κ1) is 18.5. The van der Waals surface area contributed by atoms with Crippen LogP contribution in [0.3, 0.4) is 0 Å². The van der Waals surface area contributed by atoms with Crippen LogP contribution in [0, 0.1) is 20.8 Å². The molecule has 1 amide bonds. The van der Waals surface area contributed by atoms with E-state index in [1.165, 1.54) is 0 Å². The lowest BCUT2D eigenvalue weighted by Crippen LogP contribution is -2.19. The predicted molar refractivity (Wildman–Crippen MR) is 108 cm³/mol. The fourth-order valence-corrected chi connectivity index (χ4v) is 3.12. The molecule has 29 heavy (non-hydrogen) atoms. The number of hydrogen-bond donors (Lipinski definition) is 1. The van der Waals surface area contributed by atoms with Gasteiger partial charge in [-0.3, -0.25) is 9.78 Å². The zero-order valence-electron chi connectivity index (χ0n) is 16.4. The summed E-state index contributed by atoms with van der Waals surface area (Å²) in [4.78, 5) is 25.3. The third-order valence-corrected chi connectivity index (χ3v) is 4.38. The first-order chi connectivity index (χ1) is 14.0. The summed E-state index contributed by atoms with van der Waals surface area (Å²) in [5, 5.41) is 6.93. The second kappa shape index (κ2) is 7.67. The van der Waals surface area contributed by atoms with Crippen LogP contribution in [-0.4, -0.2) is 30.6 Å².